The fraction of sp³-hybridized carbons (Fsp3) is 0.714. The highest BCUT2D eigenvalue weighted by molar-refractivity contribution is 5.09. The summed E-state index contributed by atoms with van der Waals surface area (Å²) in [6.45, 7) is 0. The van der Waals surface area contributed by atoms with Crippen molar-refractivity contribution in [2.45, 2.75) is 25.6 Å². The van der Waals surface area contributed by atoms with Crippen LogP contribution in [0.15, 0.2) is 11.8 Å². The van der Waals surface area contributed by atoms with Crippen molar-refractivity contribution in [3.8, 4) is 0 Å². The van der Waals surface area contributed by atoms with Crippen molar-refractivity contribution in [1.29, 1.82) is 0 Å². The minimum absolute atomic E-state index is 0.512. The van der Waals surface area contributed by atoms with Crippen molar-refractivity contribution in [2.24, 2.45) is 5.92 Å². The largest absolute Gasteiger partial charge is 0.470 e. The summed E-state index contributed by atoms with van der Waals surface area (Å²) in [5.74, 6) is 1.57. The number of fused-ring (bicyclic) bond motifs is 1. The van der Waals surface area contributed by atoms with Crippen LogP contribution in [-0.4, -0.2) is 11.4 Å². The molecule has 0 amide bonds. The average molecular weight is 126 g/mol. The van der Waals surface area contributed by atoms with Gasteiger partial charge in [-0.05, 0) is 18.9 Å². The first-order chi connectivity index (χ1) is 4.36. The lowest BCUT2D eigenvalue weighted by Gasteiger charge is -1.99. The standard InChI is InChI=1S/C7H10O2/c8-7-4-5-2-1-3-6(5)9-7/h3,5,7-8H,1-2,4H2. The maximum Gasteiger partial charge on any atom is 0.197 e. The number of aliphatic hydroxyl groups is 1. The molecule has 1 aliphatic carbocycles. The zero-order chi connectivity index (χ0) is 6.27. The minimum atomic E-state index is -0.512. The molecular weight excluding hydrogens is 116 g/mol. The van der Waals surface area contributed by atoms with E-state index in [2.05, 4.69) is 6.08 Å². The number of rotatable bonds is 0. The maximum atomic E-state index is 8.97. The third-order valence-corrected chi connectivity index (χ3v) is 2.02. The number of hydrogen-bond acceptors (Lipinski definition) is 2. The zero-order valence-corrected chi connectivity index (χ0v) is 5.21. The van der Waals surface area contributed by atoms with Crippen LogP contribution in [0.3, 0.4) is 0 Å². The van der Waals surface area contributed by atoms with E-state index in [0.29, 0.717) is 5.92 Å². The molecule has 2 rings (SSSR count). The number of aliphatic hydroxyl groups excluding tert-OH is 1. The van der Waals surface area contributed by atoms with Crippen LogP contribution in [0.5, 0.6) is 0 Å². The summed E-state index contributed by atoms with van der Waals surface area (Å²) >= 11 is 0. The highest BCUT2D eigenvalue weighted by Gasteiger charge is 2.31. The molecule has 0 radical (unpaired) electrons. The fourth-order valence-electron chi connectivity index (χ4n) is 1.56. The van der Waals surface area contributed by atoms with Crippen molar-refractivity contribution >= 4 is 0 Å². The summed E-state index contributed by atoms with van der Waals surface area (Å²) in [5.41, 5.74) is 0. The molecule has 2 unspecified atom stereocenters. The van der Waals surface area contributed by atoms with Crippen molar-refractivity contribution in [3.05, 3.63) is 11.8 Å². The third-order valence-electron chi connectivity index (χ3n) is 2.02. The van der Waals surface area contributed by atoms with E-state index in [1.165, 1.54) is 6.42 Å². The summed E-state index contributed by atoms with van der Waals surface area (Å²) in [4.78, 5) is 0. The van der Waals surface area contributed by atoms with Gasteiger partial charge < -0.3 is 9.84 Å². The molecule has 1 heterocycles. The van der Waals surface area contributed by atoms with Crippen LogP contribution in [0.2, 0.25) is 0 Å². The summed E-state index contributed by atoms with van der Waals surface area (Å²) in [6.07, 6.45) is 4.69. The molecule has 2 heteroatoms. The van der Waals surface area contributed by atoms with E-state index in [9.17, 15) is 0 Å². The lowest BCUT2D eigenvalue weighted by molar-refractivity contribution is -0.0357. The molecule has 1 fully saturated rings. The number of allylic oxidation sites excluding steroid dienone is 2. The Morgan fingerprint density at radius 1 is 1.67 bits per heavy atom. The van der Waals surface area contributed by atoms with Crippen LogP contribution >= 0.6 is 0 Å². The van der Waals surface area contributed by atoms with Crippen LogP contribution in [0, 0.1) is 5.92 Å². The predicted molar refractivity (Wildman–Crippen MR) is 32.5 cm³/mol. The first-order valence-electron chi connectivity index (χ1n) is 3.41. The molecule has 0 bridgehead atoms. The van der Waals surface area contributed by atoms with Crippen LogP contribution in [0.25, 0.3) is 0 Å². The first-order valence-corrected chi connectivity index (χ1v) is 3.41. The lowest BCUT2D eigenvalue weighted by Crippen LogP contribution is -2.01. The maximum absolute atomic E-state index is 8.97. The van der Waals surface area contributed by atoms with Crippen LogP contribution < -0.4 is 0 Å². The van der Waals surface area contributed by atoms with Gasteiger partial charge in [-0.2, -0.15) is 0 Å². The van der Waals surface area contributed by atoms with Crippen molar-refractivity contribution in [2.75, 3.05) is 0 Å². The van der Waals surface area contributed by atoms with Gasteiger partial charge in [0.15, 0.2) is 6.29 Å². The van der Waals surface area contributed by atoms with E-state index in [1.807, 2.05) is 0 Å². The van der Waals surface area contributed by atoms with Gasteiger partial charge in [-0.1, -0.05) is 0 Å². The van der Waals surface area contributed by atoms with E-state index >= 15 is 0 Å². The van der Waals surface area contributed by atoms with Gasteiger partial charge in [-0.15, -0.1) is 0 Å². The van der Waals surface area contributed by atoms with Crippen LogP contribution in [0.4, 0.5) is 0 Å². The van der Waals surface area contributed by atoms with E-state index in [-0.39, 0.29) is 0 Å². The Kier molecular flexibility index (Phi) is 1.02. The van der Waals surface area contributed by atoms with Gasteiger partial charge in [0.05, 0.1) is 5.76 Å². The summed E-state index contributed by atoms with van der Waals surface area (Å²) in [6, 6.07) is 0. The van der Waals surface area contributed by atoms with Crippen LogP contribution in [-0.2, 0) is 4.74 Å². The molecule has 0 saturated carbocycles. The Morgan fingerprint density at radius 3 is 3.33 bits per heavy atom. The first kappa shape index (κ1) is 5.30. The molecule has 1 saturated heterocycles. The van der Waals surface area contributed by atoms with Gasteiger partial charge in [0.2, 0.25) is 0 Å². The molecule has 1 N–H and O–H groups in total. The molecule has 50 valence electrons. The lowest BCUT2D eigenvalue weighted by atomic mass is 10.1. The second kappa shape index (κ2) is 1.74. The Hall–Kier alpha value is -0.500. The van der Waals surface area contributed by atoms with Crippen LogP contribution in [0.1, 0.15) is 19.3 Å². The summed E-state index contributed by atoms with van der Waals surface area (Å²) < 4.78 is 5.10. The molecule has 0 aromatic heterocycles. The van der Waals surface area contributed by atoms with Gasteiger partial charge >= 0.3 is 0 Å². The highest BCUT2D eigenvalue weighted by Crippen LogP contribution is 2.37. The summed E-state index contributed by atoms with van der Waals surface area (Å²) in [5, 5.41) is 8.97. The van der Waals surface area contributed by atoms with Gasteiger partial charge in [0.1, 0.15) is 0 Å². The SMILES string of the molecule is OC1CC2CCC=C2O1. The second-order valence-corrected chi connectivity index (χ2v) is 2.69. The van der Waals surface area contributed by atoms with Crippen molar-refractivity contribution in [3.63, 3.8) is 0 Å². The Labute approximate surface area is 54.1 Å². The molecule has 0 spiro atoms. The topological polar surface area (TPSA) is 29.5 Å². The Morgan fingerprint density at radius 2 is 2.56 bits per heavy atom. The smallest absolute Gasteiger partial charge is 0.197 e. The molecule has 2 aliphatic rings. The highest BCUT2D eigenvalue weighted by atomic mass is 16.6. The molecule has 2 atom stereocenters. The molecule has 9 heavy (non-hydrogen) atoms. The number of hydrogen-bond donors (Lipinski definition) is 1. The van der Waals surface area contributed by atoms with Gasteiger partial charge in [0, 0.05) is 12.3 Å². The van der Waals surface area contributed by atoms with E-state index in [1.54, 1.807) is 0 Å². The monoisotopic (exact) mass is 126 g/mol. The minimum Gasteiger partial charge on any atom is -0.470 e. The van der Waals surface area contributed by atoms with Crippen molar-refractivity contribution < 1.29 is 9.84 Å². The van der Waals surface area contributed by atoms with Gasteiger partial charge in [-0.3, -0.25) is 0 Å². The average Bonchev–Trinajstić information content (AvgIpc) is 2.22. The van der Waals surface area contributed by atoms with E-state index < -0.39 is 6.29 Å². The summed E-state index contributed by atoms with van der Waals surface area (Å²) in [7, 11) is 0. The van der Waals surface area contributed by atoms with Gasteiger partial charge in [-0.25, -0.2) is 0 Å². The number of ether oxygens (including phenoxy) is 1. The zero-order valence-electron chi connectivity index (χ0n) is 5.21. The quantitative estimate of drug-likeness (QED) is 0.525. The predicted octanol–water partition coefficient (Wildman–Crippen LogP) is 1.02. The Balaban J connectivity index is 2.15. The molecule has 2 nitrogen and oxygen atoms in total. The molecular formula is C7H10O2. The molecule has 1 aliphatic heterocycles. The molecule has 0 aromatic carbocycles. The van der Waals surface area contributed by atoms with E-state index in [4.69, 9.17) is 9.84 Å². The van der Waals surface area contributed by atoms with E-state index in [0.717, 1.165) is 18.6 Å². The normalized spacial score (nSPS) is 39.9. The van der Waals surface area contributed by atoms with Crippen molar-refractivity contribution in [1.82, 2.24) is 0 Å². The fourth-order valence-corrected chi connectivity index (χ4v) is 1.56. The Bertz CT molecular complexity index is 151. The second-order valence-electron chi connectivity index (χ2n) is 2.69. The third kappa shape index (κ3) is 0.741. The van der Waals surface area contributed by atoms with Gasteiger partial charge in [0.25, 0.3) is 0 Å². The molecule has 0 aromatic rings.